The highest BCUT2D eigenvalue weighted by molar-refractivity contribution is 5.46. The van der Waals surface area contributed by atoms with Gasteiger partial charge in [-0.25, -0.2) is 9.67 Å². The molecule has 5 nitrogen and oxygen atoms in total. The average molecular weight is 285 g/mol. The fourth-order valence-electron chi connectivity index (χ4n) is 2.87. The molecule has 21 heavy (non-hydrogen) atoms. The van der Waals surface area contributed by atoms with Crippen LogP contribution in [0.25, 0.3) is 0 Å². The lowest BCUT2D eigenvalue weighted by atomic mass is 10.1. The zero-order valence-electron chi connectivity index (χ0n) is 12.7. The van der Waals surface area contributed by atoms with Crippen molar-refractivity contribution in [1.82, 2.24) is 19.7 Å². The van der Waals surface area contributed by atoms with Gasteiger partial charge in [0, 0.05) is 30.9 Å². The van der Waals surface area contributed by atoms with Crippen molar-refractivity contribution in [3.05, 3.63) is 42.5 Å². The third kappa shape index (κ3) is 3.61. The molecule has 1 aliphatic heterocycles. The summed E-state index contributed by atoms with van der Waals surface area (Å²) in [5.74, 6) is 0. The molecule has 1 N–H and O–H groups in total. The first-order valence-corrected chi connectivity index (χ1v) is 7.62. The molecule has 0 amide bonds. The summed E-state index contributed by atoms with van der Waals surface area (Å²) in [5.41, 5.74) is 2.44. The minimum atomic E-state index is 0.550. The van der Waals surface area contributed by atoms with Crippen LogP contribution in [0, 0.1) is 0 Å². The Bertz CT molecular complexity index is 564. The molecule has 112 valence electrons. The number of anilines is 1. The van der Waals surface area contributed by atoms with E-state index >= 15 is 0 Å². The number of aromatic nitrogens is 3. The van der Waals surface area contributed by atoms with Crippen LogP contribution in [0.5, 0.6) is 0 Å². The average Bonchev–Trinajstić information content (AvgIpc) is 3.11. The Morgan fingerprint density at radius 2 is 2.29 bits per heavy atom. The molecule has 1 atom stereocenters. The molecule has 1 aromatic carbocycles. The third-order valence-electron chi connectivity index (χ3n) is 4.06. The number of benzene rings is 1. The standard InChI is InChI=1S/C16H23N5/c1-13(2)20-7-6-16(10-20)19-15-5-3-4-14(8-15)9-21-12-17-11-18-21/h3-5,8,11-13,16,19H,6-7,9-10H2,1-2H3. The summed E-state index contributed by atoms with van der Waals surface area (Å²) in [6.07, 6.45) is 4.53. The second-order valence-corrected chi connectivity index (χ2v) is 6.01. The third-order valence-corrected chi connectivity index (χ3v) is 4.06. The Kier molecular flexibility index (Phi) is 4.20. The van der Waals surface area contributed by atoms with Gasteiger partial charge in [-0.1, -0.05) is 12.1 Å². The van der Waals surface area contributed by atoms with Gasteiger partial charge in [-0.3, -0.25) is 4.90 Å². The van der Waals surface area contributed by atoms with Crippen molar-refractivity contribution in [2.24, 2.45) is 0 Å². The van der Waals surface area contributed by atoms with Crippen LogP contribution in [-0.2, 0) is 6.54 Å². The van der Waals surface area contributed by atoms with Gasteiger partial charge in [0.1, 0.15) is 12.7 Å². The number of likely N-dealkylation sites (tertiary alicyclic amines) is 1. The maximum Gasteiger partial charge on any atom is 0.137 e. The van der Waals surface area contributed by atoms with Gasteiger partial charge < -0.3 is 5.32 Å². The topological polar surface area (TPSA) is 46.0 Å². The summed E-state index contributed by atoms with van der Waals surface area (Å²) < 4.78 is 1.84. The van der Waals surface area contributed by atoms with Gasteiger partial charge in [-0.15, -0.1) is 0 Å². The normalized spacial score (nSPS) is 19.3. The van der Waals surface area contributed by atoms with Gasteiger partial charge in [-0.05, 0) is 38.0 Å². The fourth-order valence-corrected chi connectivity index (χ4v) is 2.87. The zero-order valence-corrected chi connectivity index (χ0v) is 12.7. The SMILES string of the molecule is CC(C)N1CCC(Nc2cccc(Cn3cncn3)c2)C1. The van der Waals surface area contributed by atoms with E-state index < -0.39 is 0 Å². The molecule has 3 rings (SSSR count). The summed E-state index contributed by atoms with van der Waals surface area (Å²) in [7, 11) is 0. The second kappa shape index (κ2) is 6.26. The van der Waals surface area contributed by atoms with Crippen LogP contribution in [0.3, 0.4) is 0 Å². The van der Waals surface area contributed by atoms with Gasteiger partial charge in [0.15, 0.2) is 0 Å². The Morgan fingerprint density at radius 3 is 3.00 bits per heavy atom. The molecule has 0 radical (unpaired) electrons. The van der Waals surface area contributed by atoms with E-state index in [2.05, 4.69) is 58.4 Å². The van der Waals surface area contributed by atoms with Crippen LogP contribution in [-0.4, -0.2) is 44.8 Å². The predicted molar refractivity (Wildman–Crippen MR) is 84.3 cm³/mol. The number of nitrogens with one attached hydrogen (secondary N) is 1. The lowest BCUT2D eigenvalue weighted by molar-refractivity contribution is 0.274. The smallest absolute Gasteiger partial charge is 0.137 e. The van der Waals surface area contributed by atoms with Crippen molar-refractivity contribution in [3.63, 3.8) is 0 Å². The van der Waals surface area contributed by atoms with Crippen LogP contribution in [0.4, 0.5) is 5.69 Å². The molecule has 2 heterocycles. The highest BCUT2D eigenvalue weighted by Crippen LogP contribution is 2.18. The van der Waals surface area contributed by atoms with E-state index in [1.807, 2.05) is 4.68 Å². The summed E-state index contributed by atoms with van der Waals surface area (Å²) in [5, 5.41) is 7.81. The van der Waals surface area contributed by atoms with E-state index in [1.54, 1.807) is 12.7 Å². The molecule has 0 bridgehead atoms. The largest absolute Gasteiger partial charge is 0.381 e. The molecule has 0 spiro atoms. The van der Waals surface area contributed by atoms with Crippen LogP contribution >= 0.6 is 0 Å². The van der Waals surface area contributed by atoms with Crippen molar-refractivity contribution in [1.29, 1.82) is 0 Å². The molecule has 1 aliphatic rings. The molecule has 1 unspecified atom stereocenters. The first-order valence-electron chi connectivity index (χ1n) is 7.62. The van der Waals surface area contributed by atoms with Crippen LogP contribution < -0.4 is 5.32 Å². The van der Waals surface area contributed by atoms with Crippen molar-refractivity contribution in [2.75, 3.05) is 18.4 Å². The molecule has 2 aromatic rings. The quantitative estimate of drug-likeness (QED) is 0.915. The highest BCUT2D eigenvalue weighted by Gasteiger charge is 2.23. The molecule has 1 aromatic heterocycles. The van der Waals surface area contributed by atoms with E-state index in [9.17, 15) is 0 Å². The van der Waals surface area contributed by atoms with E-state index in [0.29, 0.717) is 12.1 Å². The minimum Gasteiger partial charge on any atom is -0.381 e. The number of hydrogen-bond acceptors (Lipinski definition) is 4. The van der Waals surface area contributed by atoms with Gasteiger partial charge in [0.25, 0.3) is 0 Å². The maximum atomic E-state index is 4.15. The van der Waals surface area contributed by atoms with E-state index in [1.165, 1.54) is 24.2 Å². The molecular weight excluding hydrogens is 262 g/mol. The predicted octanol–water partition coefficient (Wildman–Crippen LogP) is 2.22. The Hall–Kier alpha value is -1.88. The highest BCUT2D eigenvalue weighted by atomic mass is 15.3. The van der Waals surface area contributed by atoms with Gasteiger partial charge in [0.05, 0.1) is 6.54 Å². The van der Waals surface area contributed by atoms with Gasteiger partial charge in [-0.2, -0.15) is 5.10 Å². The van der Waals surface area contributed by atoms with Crippen LogP contribution in [0.15, 0.2) is 36.9 Å². The van der Waals surface area contributed by atoms with Gasteiger partial charge in [0.2, 0.25) is 0 Å². The van der Waals surface area contributed by atoms with Crippen LogP contribution in [0.1, 0.15) is 25.8 Å². The van der Waals surface area contributed by atoms with E-state index in [-0.39, 0.29) is 0 Å². The summed E-state index contributed by atoms with van der Waals surface area (Å²) in [6, 6.07) is 9.76. The number of rotatable bonds is 5. The van der Waals surface area contributed by atoms with Crippen molar-refractivity contribution < 1.29 is 0 Å². The summed E-state index contributed by atoms with van der Waals surface area (Å²) in [6.45, 7) is 7.61. The monoisotopic (exact) mass is 285 g/mol. The second-order valence-electron chi connectivity index (χ2n) is 6.01. The van der Waals surface area contributed by atoms with Crippen molar-refractivity contribution in [3.8, 4) is 0 Å². The molecule has 0 saturated carbocycles. The molecule has 1 fully saturated rings. The zero-order chi connectivity index (χ0) is 14.7. The molecule has 5 heteroatoms. The summed E-state index contributed by atoms with van der Waals surface area (Å²) in [4.78, 5) is 6.50. The molecule has 1 saturated heterocycles. The van der Waals surface area contributed by atoms with Crippen LogP contribution in [0.2, 0.25) is 0 Å². The lowest BCUT2D eigenvalue weighted by Gasteiger charge is -2.21. The van der Waals surface area contributed by atoms with E-state index in [0.717, 1.165) is 13.1 Å². The lowest BCUT2D eigenvalue weighted by Crippen LogP contribution is -2.31. The number of nitrogens with zero attached hydrogens (tertiary/aromatic N) is 4. The Morgan fingerprint density at radius 1 is 1.38 bits per heavy atom. The summed E-state index contributed by atoms with van der Waals surface area (Å²) >= 11 is 0. The maximum absolute atomic E-state index is 4.15. The first kappa shape index (κ1) is 14.1. The molecule has 0 aliphatic carbocycles. The Labute approximate surface area is 126 Å². The van der Waals surface area contributed by atoms with Crippen molar-refractivity contribution in [2.45, 2.75) is 38.9 Å². The van der Waals surface area contributed by atoms with E-state index in [4.69, 9.17) is 0 Å². The molecular formula is C16H23N5. The van der Waals surface area contributed by atoms with Gasteiger partial charge >= 0.3 is 0 Å². The fraction of sp³-hybridized carbons (Fsp3) is 0.500. The minimum absolute atomic E-state index is 0.550. The number of hydrogen-bond donors (Lipinski definition) is 1. The van der Waals surface area contributed by atoms with Crippen molar-refractivity contribution >= 4 is 5.69 Å². The first-order chi connectivity index (χ1) is 10.2. The Balaban J connectivity index is 1.61.